The predicted octanol–water partition coefficient (Wildman–Crippen LogP) is 6.77. The average Bonchev–Trinajstić information content (AvgIpc) is 3.15. The Kier molecular flexibility index (Phi) is 6.12. The van der Waals surface area contributed by atoms with Crippen LogP contribution in [0.2, 0.25) is 5.02 Å². The van der Waals surface area contributed by atoms with Gasteiger partial charge in [0.1, 0.15) is 11.3 Å². The quantitative estimate of drug-likeness (QED) is 0.278. The number of para-hydroxylation sites is 1. The average molecular weight is 474 g/mol. The van der Waals surface area contributed by atoms with E-state index in [0.717, 1.165) is 24.8 Å². The van der Waals surface area contributed by atoms with Crippen LogP contribution in [0.5, 0.6) is 5.75 Å². The Balaban J connectivity index is 1.66. The standard InChI is InChI=1S/C28H24ClNO4/c1-2-3-6-15-33-21-12-7-9-18(16-21)25-24-26(31)22-13-4-5-14-23(22)34-27(24)28(32)30(25)20-11-8-10-19(29)17-20/h4-5,7-14,16-17,25H,2-3,6,15H2,1H3. The van der Waals surface area contributed by atoms with E-state index in [-0.39, 0.29) is 17.1 Å². The van der Waals surface area contributed by atoms with Crippen LogP contribution >= 0.6 is 11.6 Å². The van der Waals surface area contributed by atoms with Gasteiger partial charge >= 0.3 is 0 Å². The van der Waals surface area contributed by atoms with Gasteiger partial charge in [-0.15, -0.1) is 0 Å². The van der Waals surface area contributed by atoms with E-state index < -0.39 is 6.04 Å². The van der Waals surface area contributed by atoms with Gasteiger partial charge in [-0.25, -0.2) is 0 Å². The van der Waals surface area contributed by atoms with Gasteiger partial charge in [0.05, 0.1) is 23.6 Å². The normalized spacial score (nSPS) is 15.1. The number of fused-ring (bicyclic) bond motifs is 2. The second kappa shape index (κ2) is 9.35. The Morgan fingerprint density at radius 2 is 1.79 bits per heavy atom. The number of nitrogens with zero attached hydrogens (tertiary/aromatic N) is 1. The van der Waals surface area contributed by atoms with Gasteiger partial charge in [-0.3, -0.25) is 14.5 Å². The maximum atomic E-state index is 13.6. The molecule has 1 aromatic heterocycles. The van der Waals surface area contributed by atoms with Crippen molar-refractivity contribution in [2.24, 2.45) is 0 Å². The third-order valence-electron chi connectivity index (χ3n) is 6.05. The molecule has 1 atom stereocenters. The van der Waals surface area contributed by atoms with Gasteiger partial charge in [0.15, 0.2) is 5.43 Å². The van der Waals surface area contributed by atoms with E-state index >= 15 is 0 Å². The molecular formula is C28H24ClNO4. The van der Waals surface area contributed by atoms with Crippen LogP contribution in [0.3, 0.4) is 0 Å². The van der Waals surface area contributed by atoms with Crippen LogP contribution in [0.15, 0.2) is 82.0 Å². The Hall–Kier alpha value is -3.57. The highest BCUT2D eigenvalue weighted by Gasteiger charge is 2.43. The molecule has 3 aromatic carbocycles. The van der Waals surface area contributed by atoms with Gasteiger partial charge in [-0.05, 0) is 54.4 Å². The minimum Gasteiger partial charge on any atom is -0.494 e. The number of benzene rings is 3. The number of hydrogen-bond donors (Lipinski definition) is 0. The molecule has 5 rings (SSSR count). The molecule has 4 aromatic rings. The molecule has 5 nitrogen and oxygen atoms in total. The van der Waals surface area contributed by atoms with Crippen molar-refractivity contribution in [1.82, 2.24) is 0 Å². The molecule has 172 valence electrons. The molecule has 0 spiro atoms. The first-order chi connectivity index (χ1) is 16.6. The summed E-state index contributed by atoms with van der Waals surface area (Å²) in [5.74, 6) is 0.382. The fraction of sp³-hybridized carbons (Fsp3) is 0.214. The van der Waals surface area contributed by atoms with Crippen molar-refractivity contribution in [3.05, 3.63) is 105 Å². The zero-order chi connectivity index (χ0) is 23.7. The molecule has 0 radical (unpaired) electrons. The number of anilines is 1. The van der Waals surface area contributed by atoms with Crippen molar-refractivity contribution >= 4 is 34.2 Å². The molecule has 1 amide bonds. The number of ether oxygens (including phenoxy) is 1. The molecule has 1 aliphatic rings. The summed E-state index contributed by atoms with van der Waals surface area (Å²) in [4.78, 5) is 28.8. The van der Waals surface area contributed by atoms with Crippen molar-refractivity contribution in [3.8, 4) is 5.75 Å². The number of hydrogen-bond acceptors (Lipinski definition) is 4. The summed E-state index contributed by atoms with van der Waals surface area (Å²) in [6.07, 6.45) is 3.18. The van der Waals surface area contributed by atoms with Crippen molar-refractivity contribution < 1.29 is 13.9 Å². The molecule has 6 heteroatoms. The summed E-state index contributed by atoms with van der Waals surface area (Å²) in [5, 5.41) is 0.941. The van der Waals surface area contributed by atoms with Gasteiger partial charge in [-0.2, -0.15) is 0 Å². The van der Waals surface area contributed by atoms with E-state index in [0.29, 0.717) is 39.6 Å². The summed E-state index contributed by atoms with van der Waals surface area (Å²) in [6, 6.07) is 20.9. The number of carbonyl (C=O) groups excluding carboxylic acids is 1. The Morgan fingerprint density at radius 3 is 2.62 bits per heavy atom. The van der Waals surface area contributed by atoms with E-state index in [1.165, 1.54) is 0 Å². The zero-order valence-electron chi connectivity index (χ0n) is 18.8. The van der Waals surface area contributed by atoms with Gasteiger partial charge in [0.25, 0.3) is 5.91 Å². The van der Waals surface area contributed by atoms with Crippen LogP contribution < -0.4 is 15.1 Å². The van der Waals surface area contributed by atoms with Gasteiger partial charge in [0.2, 0.25) is 5.76 Å². The van der Waals surface area contributed by atoms with Crippen molar-refractivity contribution in [2.75, 3.05) is 11.5 Å². The third kappa shape index (κ3) is 3.97. The molecule has 0 N–H and O–H groups in total. The fourth-order valence-corrected chi connectivity index (χ4v) is 4.63. The van der Waals surface area contributed by atoms with Crippen LogP contribution in [0, 0.1) is 0 Å². The topological polar surface area (TPSA) is 59.8 Å². The van der Waals surface area contributed by atoms with E-state index in [4.69, 9.17) is 20.8 Å². The summed E-state index contributed by atoms with van der Waals surface area (Å²) >= 11 is 6.26. The Labute approximate surface area is 202 Å². The first kappa shape index (κ1) is 22.2. The Bertz CT molecular complexity index is 1430. The second-order valence-electron chi connectivity index (χ2n) is 8.36. The summed E-state index contributed by atoms with van der Waals surface area (Å²) in [5.41, 5.74) is 1.86. The highest BCUT2D eigenvalue weighted by Crippen LogP contribution is 2.42. The maximum Gasteiger partial charge on any atom is 0.295 e. The molecule has 0 fully saturated rings. The van der Waals surface area contributed by atoms with Crippen LogP contribution in [-0.4, -0.2) is 12.5 Å². The summed E-state index contributed by atoms with van der Waals surface area (Å²) < 4.78 is 12.0. The molecule has 1 aliphatic heterocycles. The maximum absolute atomic E-state index is 13.6. The number of rotatable bonds is 7. The van der Waals surface area contributed by atoms with Gasteiger partial charge in [0, 0.05) is 10.7 Å². The predicted molar refractivity (Wildman–Crippen MR) is 134 cm³/mol. The molecule has 2 heterocycles. The molecule has 1 unspecified atom stereocenters. The fourth-order valence-electron chi connectivity index (χ4n) is 4.44. The molecule has 34 heavy (non-hydrogen) atoms. The largest absolute Gasteiger partial charge is 0.494 e. The van der Waals surface area contributed by atoms with Gasteiger partial charge in [-0.1, -0.05) is 61.7 Å². The highest BCUT2D eigenvalue weighted by atomic mass is 35.5. The third-order valence-corrected chi connectivity index (χ3v) is 6.29. The molecule has 0 bridgehead atoms. The van der Waals surface area contributed by atoms with E-state index in [2.05, 4.69) is 6.92 Å². The van der Waals surface area contributed by atoms with Crippen LogP contribution in [0.4, 0.5) is 5.69 Å². The highest BCUT2D eigenvalue weighted by molar-refractivity contribution is 6.31. The SMILES string of the molecule is CCCCCOc1cccc(C2c3c(oc4ccccc4c3=O)C(=O)N2c2cccc(Cl)c2)c1. The second-order valence-corrected chi connectivity index (χ2v) is 8.79. The number of carbonyl (C=O) groups is 1. The number of unbranched alkanes of at least 4 members (excludes halogenated alkanes) is 2. The van der Waals surface area contributed by atoms with Crippen molar-refractivity contribution in [3.63, 3.8) is 0 Å². The Morgan fingerprint density at radius 1 is 0.971 bits per heavy atom. The summed E-state index contributed by atoms with van der Waals surface area (Å²) in [6.45, 7) is 2.76. The van der Waals surface area contributed by atoms with E-state index in [9.17, 15) is 9.59 Å². The first-order valence-corrected chi connectivity index (χ1v) is 11.8. The lowest BCUT2D eigenvalue weighted by molar-refractivity contribution is 0.0971. The lowest BCUT2D eigenvalue weighted by atomic mass is 9.98. The molecule has 0 aliphatic carbocycles. The molecule has 0 saturated carbocycles. The van der Waals surface area contributed by atoms with E-state index in [1.807, 2.05) is 24.3 Å². The lowest BCUT2D eigenvalue weighted by Gasteiger charge is -2.25. The lowest BCUT2D eigenvalue weighted by Crippen LogP contribution is -2.29. The van der Waals surface area contributed by atoms with Crippen LogP contribution in [-0.2, 0) is 0 Å². The molecular weight excluding hydrogens is 450 g/mol. The first-order valence-electron chi connectivity index (χ1n) is 11.5. The van der Waals surface area contributed by atoms with Crippen molar-refractivity contribution in [1.29, 1.82) is 0 Å². The number of halogens is 1. The monoisotopic (exact) mass is 473 g/mol. The van der Waals surface area contributed by atoms with E-state index in [1.54, 1.807) is 53.4 Å². The van der Waals surface area contributed by atoms with Gasteiger partial charge < -0.3 is 9.15 Å². The minimum absolute atomic E-state index is 0.0583. The van der Waals surface area contributed by atoms with Crippen LogP contribution in [0.1, 0.15) is 53.9 Å². The minimum atomic E-state index is -0.666. The van der Waals surface area contributed by atoms with Crippen LogP contribution in [0.25, 0.3) is 11.0 Å². The smallest absolute Gasteiger partial charge is 0.295 e. The zero-order valence-corrected chi connectivity index (χ0v) is 19.5. The van der Waals surface area contributed by atoms with Crippen molar-refractivity contribution in [2.45, 2.75) is 32.2 Å². The number of amides is 1. The summed E-state index contributed by atoms with van der Waals surface area (Å²) in [7, 11) is 0. The molecule has 0 saturated heterocycles.